The SMILES string of the molecule is Nc1nc(C(=NOc2ccc(Cl)cc2Cl)C(=O)NC2C(=O)N3C(C(=O)O)=C(CSc4nncs4)CS[C@H]23)ns1. The van der Waals surface area contributed by atoms with Crippen molar-refractivity contribution in [3.8, 4) is 5.75 Å². The Balaban J connectivity index is 1.34. The van der Waals surface area contributed by atoms with E-state index in [1.165, 1.54) is 58.0 Å². The summed E-state index contributed by atoms with van der Waals surface area (Å²) in [4.78, 5) is 48.9. The molecule has 0 saturated carbocycles. The van der Waals surface area contributed by atoms with Crippen LogP contribution in [0.3, 0.4) is 0 Å². The number of fused-ring (bicyclic) bond motifs is 1. The number of nitrogens with one attached hydrogen (secondary N) is 1. The summed E-state index contributed by atoms with van der Waals surface area (Å²) in [5.74, 6) is -1.98. The fraction of sp³-hybridized carbons (Fsp3) is 0.200. The molecule has 2 aliphatic heterocycles. The molecule has 0 radical (unpaired) electrons. The number of halogens is 2. The molecule has 0 bridgehead atoms. The molecule has 1 aromatic carbocycles. The predicted octanol–water partition coefficient (Wildman–Crippen LogP) is 2.59. The molecule has 1 saturated heterocycles. The van der Waals surface area contributed by atoms with Crippen molar-refractivity contribution in [2.24, 2.45) is 5.16 Å². The van der Waals surface area contributed by atoms with E-state index in [9.17, 15) is 19.5 Å². The minimum absolute atomic E-state index is 0.0823. The Bertz CT molecular complexity index is 1520. The van der Waals surface area contributed by atoms with Crippen molar-refractivity contribution < 1.29 is 24.3 Å². The van der Waals surface area contributed by atoms with E-state index < -0.39 is 29.2 Å². The maximum Gasteiger partial charge on any atom is 0.352 e. The molecule has 2 aromatic heterocycles. The van der Waals surface area contributed by atoms with Crippen LogP contribution >= 0.6 is 69.6 Å². The Morgan fingerprint density at radius 2 is 2.18 bits per heavy atom. The second-order valence-electron chi connectivity index (χ2n) is 7.67. The van der Waals surface area contributed by atoms with Gasteiger partial charge in [-0.05, 0) is 23.8 Å². The number of oxime groups is 1. The Morgan fingerprint density at radius 1 is 1.36 bits per heavy atom. The van der Waals surface area contributed by atoms with Gasteiger partial charge in [-0.25, -0.2) is 4.79 Å². The van der Waals surface area contributed by atoms with Gasteiger partial charge in [0.2, 0.25) is 11.5 Å². The van der Waals surface area contributed by atoms with Crippen molar-refractivity contribution in [3.05, 3.63) is 50.8 Å². The van der Waals surface area contributed by atoms with Crippen LogP contribution in [0.2, 0.25) is 10.0 Å². The van der Waals surface area contributed by atoms with E-state index in [1.54, 1.807) is 5.51 Å². The lowest BCUT2D eigenvalue weighted by molar-refractivity contribution is -0.150. The minimum Gasteiger partial charge on any atom is -0.477 e. The van der Waals surface area contributed by atoms with Gasteiger partial charge >= 0.3 is 5.97 Å². The van der Waals surface area contributed by atoms with E-state index in [0.717, 1.165) is 11.5 Å². The van der Waals surface area contributed by atoms with Crippen molar-refractivity contribution in [2.75, 3.05) is 17.2 Å². The van der Waals surface area contributed by atoms with Gasteiger partial charge in [0.25, 0.3) is 11.8 Å². The van der Waals surface area contributed by atoms with E-state index in [2.05, 4.69) is 30.0 Å². The highest BCUT2D eigenvalue weighted by molar-refractivity contribution is 8.01. The number of rotatable bonds is 9. The molecule has 4 N–H and O–H groups in total. The predicted molar refractivity (Wildman–Crippen MR) is 148 cm³/mol. The molecule has 0 aliphatic carbocycles. The first kappa shape index (κ1) is 27.6. The average molecular weight is 646 g/mol. The van der Waals surface area contributed by atoms with Crippen molar-refractivity contribution >= 4 is 98.2 Å². The van der Waals surface area contributed by atoms with Gasteiger partial charge in [-0.1, -0.05) is 51.5 Å². The maximum absolute atomic E-state index is 13.2. The highest BCUT2D eigenvalue weighted by atomic mass is 35.5. The summed E-state index contributed by atoms with van der Waals surface area (Å²) in [6.07, 6.45) is 0. The quantitative estimate of drug-likeness (QED) is 0.134. The fourth-order valence-electron chi connectivity index (χ4n) is 3.54. The number of nitrogens with zero attached hydrogens (tertiary/aromatic N) is 6. The number of carboxylic acid groups (broad SMARTS) is 1. The Morgan fingerprint density at radius 3 is 2.85 bits per heavy atom. The Labute approximate surface area is 246 Å². The number of thioether (sulfide) groups is 2. The Hall–Kier alpha value is -2.96. The number of amides is 2. The van der Waals surface area contributed by atoms with Gasteiger partial charge in [-0.15, -0.1) is 22.0 Å². The first-order valence-corrected chi connectivity index (χ1v) is 15.1. The van der Waals surface area contributed by atoms with Crippen LogP contribution in [0.1, 0.15) is 5.82 Å². The molecule has 19 heteroatoms. The van der Waals surface area contributed by atoms with Gasteiger partial charge in [0.15, 0.2) is 15.2 Å². The number of carboxylic acids is 1. The van der Waals surface area contributed by atoms with Gasteiger partial charge < -0.3 is 21.0 Å². The van der Waals surface area contributed by atoms with Crippen molar-refractivity contribution in [2.45, 2.75) is 15.8 Å². The minimum atomic E-state index is -1.23. The zero-order chi connectivity index (χ0) is 27.7. The molecular weight excluding hydrogens is 631 g/mol. The molecule has 2 amide bonds. The monoisotopic (exact) mass is 644 g/mol. The summed E-state index contributed by atoms with van der Waals surface area (Å²) in [5.41, 5.74) is 7.36. The molecule has 1 unspecified atom stereocenters. The summed E-state index contributed by atoms with van der Waals surface area (Å²) < 4.78 is 4.69. The number of carbonyl (C=O) groups excluding carboxylic acids is 2. The topological polar surface area (TPSA) is 186 Å². The zero-order valence-corrected chi connectivity index (χ0v) is 23.9. The van der Waals surface area contributed by atoms with Crippen molar-refractivity contribution in [1.29, 1.82) is 0 Å². The van der Waals surface area contributed by atoms with E-state index in [4.69, 9.17) is 33.8 Å². The molecular formula is C20H14Cl2N8O5S4. The second-order valence-corrected chi connectivity index (χ2v) is 12.5. The molecule has 39 heavy (non-hydrogen) atoms. The normalized spacial score (nSPS) is 19.0. The van der Waals surface area contributed by atoms with Gasteiger partial charge in [0.05, 0.1) is 5.02 Å². The van der Waals surface area contributed by atoms with Crippen LogP contribution in [0.25, 0.3) is 0 Å². The zero-order valence-electron chi connectivity index (χ0n) is 19.1. The van der Waals surface area contributed by atoms with Crippen LogP contribution in [0.5, 0.6) is 5.75 Å². The number of β-lactam (4-membered cyclic amide) rings is 1. The first-order chi connectivity index (χ1) is 18.7. The number of nitrogen functional groups attached to an aromatic ring is 1. The number of aliphatic carboxylic acids is 1. The average Bonchev–Trinajstić information content (AvgIpc) is 3.58. The lowest BCUT2D eigenvalue weighted by atomic mass is 10.0. The van der Waals surface area contributed by atoms with Crippen LogP contribution in [0.15, 0.2) is 44.5 Å². The maximum atomic E-state index is 13.2. The third-order valence-electron chi connectivity index (χ3n) is 5.24. The van der Waals surface area contributed by atoms with E-state index >= 15 is 0 Å². The number of benzene rings is 1. The van der Waals surface area contributed by atoms with Crippen LogP contribution in [-0.4, -0.2) is 76.0 Å². The highest BCUT2D eigenvalue weighted by Gasteiger charge is 2.54. The molecule has 1 fully saturated rings. The molecule has 202 valence electrons. The fourth-order valence-corrected chi connectivity index (χ4v) is 7.39. The van der Waals surface area contributed by atoms with Gasteiger partial charge in [-0.2, -0.15) is 9.36 Å². The molecule has 4 heterocycles. The highest BCUT2D eigenvalue weighted by Crippen LogP contribution is 2.41. The van der Waals surface area contributed by atoms with Gasteiger partial charge in [-0.3, -0.25) is 14.5 Å². The molecule has 3 aromatic rings. The molecule has 0 spiro atoms. The lowest BCUT2D eigenvalue weighted by Crippen LogP contribution is -2.71. The summed E-state index contributed by atoms with van der Waals surface area (Å²) in [6.45, 7) is 0. The van der Waals surface area contributed by atoms with Gasteiger partial charge in [0, 0.05) is 28.1 Å². The summed E-state index contributed by atoms with van der Waals surface area (Å²) >= 11 is 16.9. The molecule has 5 rings (SSSR count). The number of hydrogen-bond acceptors (Lipinski definition) is 14. The number of aromatic nitrogens is 4. The standard InChI is InChI=1S/C20H14Cl2N8O5S4/c21-8-1-2-10(9(22)3-8)35-28-11(14-26-19(23)39-29-14)15(31)25-12-16(32)30-13(18(33)34)7(4-36-17(12)30)5-37-20-27-24-6-38-20/h1-3,6,12,17H,4-5H2,(H,25,31)(H,33,34)(H2,23,26,29)/t12?,17-/m1/s1. The number of hydrogen-bond donors (Lipinski definition) is 3. The van der Waals surface area contributed by atoms with Crippen LogP contribution < -0.4 is 15.9 Å². The van der Waals surface area contributed by atoms with Gasteiger partial charge in [0.1, 0.15) is 22.6 Å². The van der Waals surface area contributed by atoms with E-state index in [1.807, 2.05) is 0 Å². The largest absolute Gasteiger partial charge is 0.477 e. The van der Waals surface area contributed by atoms with Crippen LogP contribution in [-0.2, 0) is 14.4 Å². The molecule has 13 nitrogen and oxygen atoms in total. The van der Waals surface area contributed by atoms with Crippen LogP contribution in [0, 0.1) is 0 Å². The Kier molecular flexibility index (Phi) is 8.24. The first-order valence-electron chi connectivity index (χ1n) is 10.6. The second kappa shape index (κ2) is 11.6. The summed E-state index contributed by atoms with van der Waals surface area (Å²) in [6, 6.07) is 3.39. The molecule has 2 atom stereocenters. The number of anilines is 1. The summed E-state index contributed by atoms with van der Waals surface area (Å²) in [5, 5.41) is 24.0. The van der Waals surface area contributed by atoms with E-state index in [-0.39, 0.29) is 33.1 Å². The van der Waals surface area contributed by atoms with Crippen molar-refractivity contribution in [3.63, 3.8) is 0 Å². The van der Waals surface area contributed by atoms with E-state index in [0.29, 0.717) is 26.4 Å². The molecule has 2 aliphatic rings. The number of nitrogens with two attached hydrogens (primary N) is 1. The lowest BCUT2D eigenvalue weighted by Gasteiger charge is -2.49. The third kappa shape index (κ3) is 5.82. The summed E-state index contributed by atoms with van der Waals surface area (Å²) in [7, 11) is 0. The smallest absolute Gasteiger partial charge is 0.352 e. The van der Waals surface area contributed by atoms with Crippen LogP contribution in [0.4, 0.5) is 5.13 Å². The third-order valence-corrected chi connectivity index (χ3v) is 9.60. The number of carbonyl (C=O) groups is 3. The van der Waals surface area contributed by atoms with Crippen molar-refractivity contribution in [1.82, 2.24) is 29.8 Å².